The fourth-order valence-electron chi connectivity index (χ4n) is 2.87. The van der Waals surface area contributed by atoms with Gasteiger partial charge in [0.15, 0.2) is 0 Å². The highest BCUT2D eigenvalue weighted by Crippen LogP contribution is 2.35. The lowest BCUT2D eigenvalue weighted by molar-refractivity contribution is 0.416. The van der Waals surface area contributed by atoms with E-state index < -0.39 is 0 Å². The average Bonchev–Trinajstić information content (AvgIpc) is 2.87. The number of benzene rings is 2. The van der Waals surface area contributed by atoms with Gasteiger partial charge in [-0.2, -0.15) is 0 Å². The number of aryl methyl sites for hydroxylation is 2. The summed E-state index contributed by atoms with van der Waals surface area (Å²) < 4.78 is 7.51. The van der Waals surface area contributed by atoms with Gasteiger partial charge in [0.25, 0.3) is 0 Å². The predicted octanol–water partition coefficient (Wildman–Crippen LogP) is 5.32. The van der Waals surface area contributed by atoms with Crippen LogP contribution >= 0.6 is 11.6 Å². The number of methoxy groups -OCH3 is 1. The van der Waals surface area contributed by atoms with Gasteiger partial charge < -0.3 is 14.6 Å². The number of halogens is 1. The molecule has 0 spiro atoms. The molecule has 1 N–H and O–H groups in total. The molecule has 0 aliphatic rings. The SMILES string of the molecule is CC=Cc1cccc2nc(Nc3c(C)cc(Cl)cc3OC)n(C)c12. The third kappa shape index (κ3) is 2.85. The normalized spacial score (nSPS) is 11.4. The Labute approximate surface area is 146 Å². The Balaban J connectivity index is 2.12. The Bertz CT molecular complexity index is 928. The van der Waals surface area contributed by atoms with Crippen molar-refractivity contribution in [2.75, 3.05) is 12.4 Å². The molecule has 3 aromatic rings. The Hall–Kier alpha value is -2.46. The number of imidazole rings is 1. The van der Waals surface area contributed by atoms with E-state index in [-0.39, 0.29) is 0 Å². The molecule has 2 aromatic carbocycles. The lowest BCUT2D eigenvalue weighted by atomic mass is 10.1. The van der Waals surface area contributed by atoms with Crippen molar-refractivity contribution in [3.63, 3.8) is 0 Å². The van der Waals surface area contributed by atoms with Crippen LogP contribution in [-0.2, 0) is 7.05 Å². The van der Waals surface area contributed by atoms with Gasteiger partial charge in [-0.15, -0.1) is 0 Å². The minimum atomic E-state index is 0.648. The van der Waals surface area contributed by atoms with Crippen molar-refractivity contribution in [3.8, 4) is 5.75 Å². The molecule has 4 nitrogen and oxygen atoms in total. The van der Waals surface area contributed by atoms with Crippen LogP contribution in [0.15, 0.2) is 36.4 Å². The predicted molar refractivity (Wildman–Crippen MR) is 101 cm³/mol. The van der Waals surface area contributed by atoms with Crippen LogP contribution in [0, 0.1) is 6.92 Å². The number of para-hydroxylation sites is 1. The van der Waals surface area contributed by atoms with Gasteiger partial charge in [-0.25, -0.2) is 4.98 Å². The first kappa shape index (κ1) is 16.4. The molecule has 0 atom stereocenters. The van der Waals surface area contributed by atoms with Crippen LogP contribution in [0.5, 0.6) is 5.75 Å². The van der Waals surface area contributed by atoms with Gasteiger partial charge >= 0.3 is 0 Å². The highest BCUT2D eigenvalue weighted by molar-refractivity contribution is 6.31. The average molecular weight is 342 g/mol. The molecule has 3 rings (SSSR count). The van der Waals surface area contributed by atoms with Gasteiger partial charge in [0, 0.05) is 23.7 Å². The van der Waals surface area contributed by atoms with Gasteiger partial charge in [0.1, 0.15) is 5.75 Å². The highest BCUT2D eigenvalue weighted by atomic mass is 35.5. The van der Waals surface area contributed by atoms with Crippen LogP contribution in [0.25, 0.3) is 17.1 Å². The summed E-state index contributed by atoms with van der Waals surface area (Å²) in [7, 11) is 3.64. The number of aromatic nitrogens is 2. The standard InChI is InChI=1S/C19H20ClN3O/c1-5-7-13-8-6-9-15-18(13)23(3)19(21-15)22-17-12(2)10-14(20)11-16(17)24-4/h5-11H,1-4H3,(H,21,22). The van der Waals surface area contributed by atoms with Crippen LogP contribution in [0.3, 0.4) is 0 Å². The molecule has 0 saturated heterocycles. The summed E-state index contributed by atoms with van der Waals surface area (Å²) in [6.45, 7) is 4.00. The maximum absolute atomic E-state index is 6.12. The van der Waals surface area contributed by atoms with Crippen molar-refractivity contribution in [2.45, 2.75) is 13.8 Å². The van der Waals surface area contributed by atoms with Gasteiger partial charge in [-0.05, 0) is 31.5 Å². The quantitative estimate of drug-likeness (QED) is 0.698. The molecule has 24 heavy (non-hydrogen) atoms. The van der Waals surface area contributed by atoms with Crippen molar-refractivity contribution >= 4 is 40.3 Å². The smallest absolute Gasteiger partial charge is 0.208 e. The number of hydrogen-bond donors (Lipinski definition) is 1. The van der Waals surface area contributed by atoms with Crippen LogP contribution < -0.4 is 10.1 Å². The fraction of sp³-hybridized carbons (Fsp3) is 0.211. The second-order valence-corrected chi connectivity index (χ2v) is 6.07. The number of nitrogens with one attached hydrogen (secondary N) is 1. The molecule has 0 aliphatic heterocycles. The summed E-state index contributed by atoms with van der Waals surface area (Å²) in [5.41, 5.74) is 5.04. The molecule has 0 fully saturated rings. The van der Waals surface area contributed by atoms with E-state index in [2.05, 4.69) is 22.0 Å². The first-order valence-electron chi connectivity index (χ1n) is 7.74. The first-order valence-corrected chi connectivity index (χ1v) is 8.12. The lowest BCUT2D eigenvalue weighted by Crippen LogP contribution is -2.03. The molecule has 124 valence electrons. The topological polar surface area (TPSA) is 39.1 Å². The second-order valence-electron chi connectivity index (χ2n) is 5.63. The Morgan fingerprint density at radius 3 is 2.79 bits per heavy atom. The molecular weight excluding hydrogens is 322 g/mol. The summed E-state index contributed by atoms with van der Waals surface area (Å²) in [6, 6.07) is 9.81. The number of allylic oxidation sites excluding steroid dienone is 1. The number of nitrogens with zero attached hydrogens (tertiary/aromatic N) is 2. The number of ether oxygens (including phenoxy) is 1. The van der Waals surface area contributed by atoms with Crippen molar-refractivity contribution in [2.24, 2.45) is 7.05 Å². The van der Waals surface area contributed by atoms with E-state index in [0.717, 1.165) is 33.8 Å². The van der Waals surface area contributed by atoms with E-state index in [1.807, 2.05) is 45.2 Å². The van der Waals surface area contributed by atoms with Crippen LogP contribution in [0.2, 0.25) is 5.02 Å². The fourth-order valence-corrected chi connectivity index (χ4v) is 3.13. The van der Waals surface area contributed by atoms with Gasteiger partial charge in [-0.3, -0.25) is 0 Å². The Morgan fingerprint density at radius 2 is 2.08 bits per heavy atom. The number of fused-ring (bicyclic) bond motifs is 1. The minimum absolute atomic E-state index is 0.648. The summed E-state index contributed by atoms with van der Waals surface area (Å²) in [4.78, 5) is 4.72. The molecule has 0 aliphatic carbocycles. The molecule has 0 amide bonds. The minimum Gasteiger partial charge on any atom is -0.495 e. The zero-order valence-corrected chi connectivity index (χ0v) is 15.0. The van der Waals surface area contributed by atoms with E-state index in [0.29, 0.717) is 10.8 Å². The summed E-state index contributed by atoms with van der Waals surface area (Å²) >= 11 is 6.12. The van der Waals surface area contributed by atoms with Crippen LogP contribution in [0.1, 0.15) is 18.1 Å². The zero-order valence-electron chi connectivity index (χ0n) is 14.2. The first-order chi connectivity index (χ1) is 11.5. The van der Waals surface area contributed by atoms with Crippen molar-refractivity contribution in [3.05, 3.63) is 52.6 Å². The van der Waals surface area contributed by atoms with Crippen molar-refractivity contribution < 1.29 is 4.74 Å². The van der Waals surface area contributed by atoms with E-state index in [9.17, 15) is 0 Å². The van der Waals surface area contributed by atoms with Gasteiger partial charge in [0.05, 0.1) is 23.8 Å². The summed E-state index contributed by atoms with van der Waals surface area (Å²) in [5, 5.41) is 4.04. The Morgan fingerprint density at radius 1 is 1.29 bits per heavy atom. The number of hydrogen-bond acceptors (Lipinski definition) is 3. The highest BCUT2D eigenvalue weighted by Gasteiger charge is 2.14. The largest absolute Gasteiger partial charge is 0.495 e. The van der Waals surface area contributed by atoms with E-state index in [4.69, 9.17) is 21.3 Å². The maximum atomic E-state index is 6.12. The third-order valence-corrected chi connectivity index (χ3v) is 4.21. The number of rotatable bonds is 4. The summed E-state index contributed by atoms with van der Waals surface area (Å²) in [5.74, 6) is 1.45. The van der Waals surface area contributed by atoms with Gasteiger partial charge in [-0.1, -0.05) is 35.9 Å². The monoisotopic (exact) mass is 341 g/mol. The van der Waals surface area contributed by atoms with E-state index in [1.54, 1.807) is 13.2 Å². The van der Waals surface area contributed by atoms with Gasteiger partial charge in [0.2, 0.25) is 5.95 Å². The lowest BCUT2D eigenvalue weighted by Gasteiger charge is -2.14. The van der Waals surface area contributed by atoms with Crippen LogP contribution in [-0.4, -0.2) is 16.7 Å². The molecule has 5 heteroatoms. The molecule has 0 saturated carbocycles. The molecule has 0 radical (unpaired) electrons. The zero-order chi connectivity index (χ0) is 17.3. The molecule has 1 aromatic heterocycles. The maximum Gasteiger partial charge on any atom is 0.208 e. The van der Waals surface area contributed by atoms with E-state index >= 15 is 0 Å². The van der Waals surface area contributed by atoms with Crippen molar-refractivity contribution in [1.82, 2.24) is 9.55 Å². The Kier molecular flexibility index (Phi) is 4.49. The molecule has 1 heterocycles. The molecular formula is C19H20ClN3O. The number of anilines is 2. The third-order valence-electron chi connectivity index (χ3n) is 3.99. The van der Waals surface area contributed by atoms with E-state index in [1.165, 1.54) is 0 Å². The molecule has 0 bridgehead atoms. The van der Waals surface area contributed by atoms with Crippen LogP contribution in [0.4, 0.5) is 11.6 Å². The summed E-state index contributed by atoms with van der Waals surface area (Å²) in [6.07, 6.45) is 4.11. The molecule has 0 unspecified atom stereocenters. The van der Waals surface area contributed by atoms with Crippen molar-refractivity contribution in [1.29, 1.82) is 0 Å². The second kappa shape index (κ2) is 6.57.